The zero-order valence-corrected chi connectivity index (χ0v) is 11.8. The van der Waals surface area contributed by atoms with E-state index in [0.717, 1.165) is 32.6 Å². The van der Waals surface area contributed by atoms with Crippen LogP contribution in [0.2, 0.25) is 0 Å². The van der Waals surface area contributed by atoms with Crippen LogP contribution in [0.1, 0.15) is 26.7 Å². The molecule has 116 valence electrons. The van der Waals surface area contributed by atoms with Gasteiger partial charge in [-0.3, -0.25) is 9.62 Å². The molecule has 0 amide bonds. The first-order valence-electron chi connectivity index (χ1n) is 6.85. The first kappa shape index (κ1) is 16.8. The third kappa shape index (κ3) is 5.33. The minimum absolute atomic E-state index is 0. The highest BCUT2D eigenvalue weighted by Crippen LogP contribution is 2.15. The van der Waals surface area contributed by atoms with E-state index in [-0.39, 0.29) is 7.43 Å². The van der Waals surface area contributed by atoms with Crippen molar-refractivity contribution in [2.45, 2.75) is 32.7 Å². The number of nitrogens with zero attached hydrogens (tertiary/aromatic N) is 2. The normalized spacial score (nSPS) is 24.4. The van der Waals surface area contributed by atoms with Gasteiger partial charge in [-0.25, -0.2) is 12.7 Å². The van der Waals surface area contributed by atoms with Gasteiger partial charge in [-0.15, -0.1) is 0 Å². The van der Waals surface area contributed by atoms with Crippen molar-refractivity contribution in [2.24, 2.45) is 0 Å². The summed E-state index contributed by atoms with van der Waals surface area (Å²) in [6.45, 7) is 5.45. The third-order valence-corrected chi connectivity index (χ3v) is 5.09. The van der Waals surface area contributed by atoms with E-state index in [2.05, 4.69) is 11.7 Å². The maximum Gasteiger partial charge on any atom is 0.269 e. The van der Waals surface area contributed by atoms with Gasteiger partial charge in [-0.2, -0.15) is 0 Å². The SMILES string of the molecule is C.CS(=O)(=O)N1CCCN(C2CCNCC2)CC1.[3H]F. The molecule has 0 unspecified atom stereocenters. The Kier molecular flexibility index (Phi) is 7.20. The van der Waals surface area contributed by atoms with Crippen LogP contribution in [0.15, 0.2) is 0 Å². The molecule has 2 aliphatic heterocycles. The summed E-state index contributed by atoms with van der Waals surface area (Å²) in [5.41, 5.74) is 0. The predicted octanol–water partition coefficient (Wildman–Crippen LogP) is 0.494. The summed E-state index contributed by atoms with van der Waals surface area (Å²) in [6, 6.07) is 0.649. The van der Waals surface area contributed by atoms with Crippen molar-refractivity contribution in [2.75, 3.05) is 45.5 Å². The summed E-state index contributed by atoms with van der Waals surface area (Å²) in [5.74, 6) is 0. The molecule has 5 nitrogen and oxygen atoms in total. The number of nitrogens with one attached hydrogen (secondary N) is 1. The van der Waals surface area contributed by atoms with Crippen molar-refractivity contribution in [1.29, 1.82) is 1.45 Å². The Morgan fingerprint density at radius 1 is 1.16 bits per heavy atom. The van der Waals surface area contributed by atoms with Gasteiger partial charge >= 0.3 is 0 Å². The quantitative estimate of drug-likeness (QED) is 0.806. The van der Waals surface area contributed by atoms with E-state index in [0.29, 0.717) is 19.1 Å². The second-order valence-corrected chi connectivity index (χ2v) is 7.02. The van der Waals surface area contributed by atoms with Gasteiger partial charge in [0.1, 0.15) is 0 Å². The predicted molar refractivity (Wildman–Crippen MR) is 77.7 cm³/mol. The fraction of sp³-hybridized carbons (Fsp3) is 1.00. The van der Waals surface area contributed by atoms with Gasteiger partial charge < -0.3 is 5.32 Å². The van der Waals surface area contributed by atoms with E-state index in [9.17, 15) is 8.42 Å². The second kappa shape index (κ2) is 8.14. The Labute approximate surface area is 118 Å². The molecule has 0 saturated carbocycles. The second-order valence-electron chi connectivity index (χ2n) is 5.03. The van der Waals surface area contributed by atoms with Gasteiger partial charge in [0.2, 0.25) is 10.0 Å². The van der Waals surface area contributed by atoms with Crippen LogP contribution in [0.4, 0.5) is 4.72 Å². The van der Waals surface area contributed by atoms with Crippen LogP contribution < -0.4 is 5.32 Å². The molecular weight excluding hydrogens is 269 g/mol. The van der Waals surface area contributed by atoms with Gasteiger partial charge in [0.05, 0.1) is 6.26 Å². The molecule has 2 aliphatic rings. The molecule has 0 spiro atoms. The van der Waals surface area contributed by atoms with Crippen LogP contribution in [0.3, 0.4) is 0 Å². The van der Waals surface area contributed by atoms with Crippen molar-refractivity contribution in [1.82, 2.24) is 14.5 Å². The molecule has 2 fully saturated rings. The number of hydrogen-bond acceptors (Lipinski definition) is 4. The Bertz CT molecular complexity index is 351. The minimum atomic E-state index is -3.01. The van der Waals surface area contributed by atoms with E-state index in [1.807, 2.05) is 0 Å². The van der Waals surface area contributed by atoms with Crippen molar-refractivity contribution in [3.8, 4) is 0 Å². The standard InChI is InChI=1S/C11H23N3O2S.CH4.FH/c1-17(15,16)14-8-2-7-13(9-10-14)11-3-5-12-6-4-11;;/h11-12H,2-10H2,1H3;1H4;1H/i/hT. The van der Waals surface area contributed by atoms with E-state index in [4.69, 9.17) is 4.72 Å². The number of hydrogen-bond donors (Lipinski definition) is 1. The molecule has 2 heterocycles. The van der Waals surface area contributed by atoms with Gasteiger partial charge in [-0.05, 0) is 38.9 Å². The Morgan fingerprint density at radius 2 is 1.79 bits per heavy atom. The molecule has 0 aromatic rings. The lowest BCUT2D eigenvalue weighted by Crippen LogP contribution is -2.44. The van der Waals surface area contributed by atoms with Gasteiger partial charge in [-0.1, -0.05) is 7.43 Å². The first-order chi connectivity index (χ1) is 9.07. The van der Waals surface area contributed by atoms with Crippen molar-refractivity contribution < 1.29 is 13.1 Å². The lowest BCUT2D eigenvalue weighted by molar-refractivity contribution is 0.170. The van der Waals surface area contributed by atoms with Crippen molar-refractivity contribution >= 4 is 10.0 Å². The Morgan fingerprint density at radius 3 is 2.37 bits per heavy atom. The van der Waals surface area contributed by atoms with Crippen LogP contribution in [0.25, 0.3) is 0 Å². The molecular formula is C12H28FN3O2S. The first-order valence-corrected chi connectivity index (χ1v) is 8.32. The molecule has 7 heteroatoms. The molecule has 2 saturated heterocycles. The summed E-state index contributed by atoms with van der Waals surface area (Å²) >= 11 is 0. The number of piperidine rings is 1. The molecule has 1 N–H and O–H groups in total. The molecule has 2 rings (SSSR count). The minimum Gasteiger partial charge on any atom is -0.317 e. The summed E-state index contributed by atoms with van der Waals surface area (Å²) < 4.78 is 37.7. The summed E-state index contributed by atoms with van der Waals surface area (Å²) in [7, 11) is -3.01. The molecule has 0 radical (unpaired) electrons. The lowest BCUT2D eigenvalue weighted by atomic mass is 10.0. The zero-order valence-electron chi connectivity index (χ0n) is 11.9. The smallest absolute Gasteiger partial charge is 0.269 e. The fourth-order valence-electron chi connectivity index (χ4n) is 2.78. The van der Waals surface area contributed by atoms with Crippen LogP contribution in [-0.2, 0) is 10.0 Å². The Hall–Kier alpha value is -0.240. The van der Waals surface area contributed by atoms with Crippen molar-refractivity contribution in [3.05, 3.63) is 0 Å². The van der Waals surface area contributed by atoms with E-state index in [1.54, 1.807) is 4.31 Å². The average molecular weight is 299 g/mol. The molecule has 0 aromatic heterocycles. The van der Waals surface area contributed by atoms with Gasteiger partial charge in [0.25, 0.3) is 1.45 Å². The van der Waals surface area contributed by atoms with E-state index >= 15 is 0 Å². The van der Waals surface area contributed by atoms with Crippen LogP contribution in [0, 0.1) is 0 Å². The average Bonchev–Trinajstić information content (AvgIpc) is 2.67. The lowest BCUT2D eigenvalue weighted by Gasteiger charge is -2.33. The zero-order chi connectivity index (χ0) is 14.3. The number of halogens is 1. The number of rotatable bonds is 2. The molecule has 19 heavy (non-hydrogen) atoms. The molecule has 0 bridgehead atoms. The summed E-state index contributed by atoms with van der Waals surface area (Å²) in [6.07, 6.45) is 4.65. The topological polar surface area (TPSA) is 52.7 Å². The summed E-state index contributed by atoms with van der Waals surface area (Å²) in [4.78, 5) is 2.48. The number of sulfonamides is 1. The molecule has 0 atom stereocenters. The molecule has 0 aliphatic carbocycles. The van der Waals surface area contributed by atoms with Gasteiger partial charge in [0.15, 0.2) is 0 Å². The third-order valence-electron chi connectivity index (χ3n) is 3.78. The Balaban J connectivity index is 0.00000115. The maximum atomic E-state index is 11.5. The highest BCUT2D eigenvalue weighted by atomic mass is 32.2. The van der Waals surface area contributed by atoms with Gasteiger partial charge in [0, 0.05) is 25.7 Å². The van der Waals surface area contributed by atoms with E-state index in [1.165, 1.54) is 19.1 Å². The van der Waals surface area contributed by atoms with Crippen LogP contribution in [0.5, 0.6) is 0 Å². The summed E-state index contributed by atoms with van der Waals surface area (Å²) in [5, 5.41) is 3.37. The van der Waals surface area contributed by atoms with Crippen LogP contribution >= 0.6 is 0 Å². The van der Waals surface area contributed by atoms with E-state index < -0.39 is 10.0 Å². The largest absolute Gasteiger partial charge is 0.317 e. The van der Waals surface area contributed by atoms with Crippen LogP contribution in [-0.4, -0.2) is 70.6 Å². The highest BCUT2D eigenvalue weighted by molar-refractivity contribution is 7.88. The monoisotopic (exact) mass is 299 g/mol. The van der Waals surface area contributed by atoms with Crippen molar-refractivity contribution in [3.63, 3.8) is 0 Å². The maximum absolute atomic E-state index is 11.5. The fourth-order valence-corrected chi connectivity index (χ4v) is 3.66. The molecule has 0 aromatic carbocycles. The highest BCUT2D eigenvalue weighted by Gasteiger charge is 2.26.